The summed E-state index contributed by atoms with van der Waals surface area (Å²) in [6.07, 6.45) is -3.30. The molecule has 1 heterocycles. The van der Waals surface area contributed by atoms with Gasteiger partial charge in [0, 0.05) is 12.5 Å². The molecule has 0 saturated heterocycles. The maximum Gasteiger partial charge on any atom is 0.416 e. The molecule has 2 rings (SSSR count). The number of hydrogen-bond acceptors (Lipinski definition) is 3. The Morgan fingerprint density at radius 2 is 2.06 bits per heavy atom. The molecule has 0 spiro atoms. The third-order valence-corrected chi connectivity index (χ3v) is 2.30. The first-order valence-electron chi connectivity index (χ1n) is 5.02. The molecule has 94 valence electrons. The molecule has 18 heavy (non-hydrogen) atoms. The molecule has 0 saturated carbocycles. The molecule has 0 aliphatic rings. The van der Waals surface area contributed by atoms with Crippen molar-refractivity contribution in [3.05, 3.63) is 41.8 Å². The molecule has 0 aliphatic heterocycles. The van der Waals surface area contributed by atoms with E-state index in [4.69, 9.17) is 4.42 Å². The molecule has 0 aliphatic carbocycles. The van der Waals surface area contributed by atoms with Crippen molar-refractivity contribution in [2.24, 2.45) is 0 Å². The molecular formula is C12H8F3NO2. The van der Waals surface area contributed by atoms with E-state index in [-0.39, 0.29) is 22.9 Å². The van der Waals surface area contributed by atoms with Crippen molar-refractivity contribution in [1.29, 1.82) is 0 Å². The van der Waals surface area contributed by atoms with E-state index >= 15 is 0 Å². The van der Waals surface area contributed by atoms with Crippen LogP contribution in [0.5, 0.6) is 0 Å². The monoisotopic (exact) mass is 255 g/mol. The maximum absolute atomic E-state index is 12.5. The van der Waals surface area contributed by atoms with E-state index in [0.29, 0.717) is 0 Å². The highest BCUT2D eigenvalue weighted by Gasteiger charge is 2.30. The Morgan fingerprint density at radius 1 is 1.33 bits per heavy atom. The Balaban J connectivity index is 2.41. The first kappa shape index (κ1) is 12.3. The Kier molecular flexibility index (Phi) is 2.94. The van der Waals surface area contributed by atoms with E-state index in [0.717, 1.165) is 18.4 Å². The lowest BCUT2D eigenvalue weighted by Gasteiger charge is -2.06. The predicted octanol–water partition coefficient (Wildman–Crippen LogP) is 3.56. The van der Waals surface area contributed by atoms with Crippen LogP contribution in [-0.2, 0) is 6.18 Å². The summed E-state index contributed by atoms with van der Waals surface area (Å²) < 4.78 is 42.5. The fourth-order valence-corrected chi connectivity index (χ4v) is 1.40. The summed E-state index contributed by atoms with van der Waals surface area (Å²) in [6.45, 7) is 1.30. The molecule has 6 heteroatoms. The van der Waals surface area contributed by atoms with Crippen LogP contribution in [0.4, 0.5) is 13.2 Å². The summed E-state index contributed by atoms with van der Waals surface area (Å²) >= 11 is 0. The van der Waals surface area contributed by atoms with Gasteiger partial charge in [0.05, 0.1) is 5.56 Å². The van der Waals surface area contributed by atoms with Crippen LogP contribution in [0, 0.1) is 0 Å². The highest BCUT2D eigenvalue weighted by Crippen LogP contribution is 2.31. The van der Waals surface area contributed by atoms with E-state index in [1.54, 1.807) is 0 Å². The minimum atomic E-state index is -4.42. The molecule has 1 aromatic heterocycles. The topological polar surface area (TPSA) is 43.1 Å². The Hall–Kier alpha value is -2.11. The number of oxazole rings is 1. The smallest absolute Gasteiger partial charge is 0.416 e. The number of nitrogens with zero attached hydrogens (tertiary/aromatic N) is 1. The van der Waals surface area contributed by atoms with Crippen molar-refractivity contribution >= 4 is 5.78 Å². The number of alkyl halides is 3. The summed E-state index contributed by atoms with van der Waals surface area (Å²) in [5.41, 5.74) is -0.526. The minimum absolute atomic E-state index is 0.00806. The highest BCUT2D eigenvalue weighted by atomic mass is 19.4. The zero-order valence-corrected chi connectivity index (χ0v) is 9.28. The van der Waals surface area contributed by atoms with Crippen LogP contribution in [0.1, 0.15) is 23.0 Å². The van der Waals surface area contributed by atoms with Crippen LogP contribution in [0.25, 0.3) is 11.5 Å². The van der Waals surface area contributed by atoms with Crippen LogP contribution in [0.3, 0.4) is 0 Å². The SMILES string of the molecule is CC(=O)c1coc(-c2cccc(C(F)(F)F)c2)n1. The number of ketones is 1. The van der Waals surface area contributed by atoms with Gasteiger partial charge in [-0.1, -0.05) is 6.07 Å². The zero-order chi connectivity index (χ0) is 13.3. The van der Waals surface area contributed by atoms with Crippen LogP contribution >= 0.6 is 0 Å². The normalized spacial score (nSPS) is 11.6. The number of hydrogen-bond donors (Lipinski definition) is 0. The second-order valence-electron chi connectivity index (χ2n) is 3.67. The van der Waals surface area contributed by atoms with Gasteiger partial charge in [-0.05, 0) is 18.2 Å². The third kappa shape index (κ3) is 2.42. The van der Waals surface area contributed by atoms with Crippen LogP contribution < -0.4 is 0 Å². The number of rotatable bonds is 2. The molecular weight excluding hydrogens is 247 g/mol. The van der Waals surface area contributed by atoms with E-state index in [1.807, 2.05) is 0 Å². The second kappa shape index (κ2) is 4.29. The lowest BCUT2D eigenvalue weighted by atomic mass is 10.1. The highest BCUT2D eigenvalue weighted by molar-refractivity contribution is 5.92. The van der Waals surface area contributed by atoms with E-state index in [2.05, 4.69) is 4.98 Å². The number of aromatic nitrogens is 1. The lowest BCUT2D eigenvalue weighted by Crippen LogP contribution is -2.04. The van der Waals surface area contributed by atoms with E-state index in [9.17, 15) is 18.0 Å². The molecule has 2 aromatic rings. The van der Waals surface area contributed by atoms with Crippen molar-refractivity contribution in [3.63, 3.8) is 0 Å². The van der Waals surface area contributed by atoms with Crippen molar-refractivity contribution in [1.82, 2.24) is 4.98 Å². The molecule has 0 N–H and O–H groups in total. The van der Waals surface area contributed by atoms with Crippen LogP contribution in [0.15, 0.2) is 34.9 Å². The summed E-state index contributed by atoms with van der Waals surface area (Å²) in [7, 11) is 0. The fraction of sp³-hybridized carbons (Fsp3) is 0.167. The average Bonchev–Trinajstić information content (AvgIpc) is 2.77. The van der Waals surface area contributed by atoms with Crippen molar-refractivity contribution in [3.8, 4) is 11.5 Å². The summed E-state index contributed by atoms with van der Waals surface area (Å²) in [5, 5.41) is 0. The van der Waals surface area contributed by atoms with Crippen molar-refractivity contribution in [2.45, 2.75) is 13.1 Å². The van der Waals surface area contributed by atoms with Gasteiger partial charge in [0.2, 0.25) is 5.89 Å². The molecule has 0 radical (unpaired) electrons. The number of carbonyl (C=O) groups is 1. The molecule has 0 amide bonds. The standard InChI is InChI=1S/C12H8F3NO2/c1-7(17)10-6-18-11(16-10)8-3-2-4-9(5-8)12(13,14)15/h2-6H,1H3. The van der Waals surface area contributed by atoms with Gasteiger partial charge in [0.25, 0.3) is 0 Å². The van der Waals surface area contributed by atoms with Crippen LogP contribution in [-0.4, -0.2) is 10.8 Å². The van der Waals surface area contributed by atoms with Gasteiger partial charge < -0.3 is 4.42 Å². The molecule has 1 aromatic carbocycles. The first-order valence-corrected chi connectivity index (χ1v) is 5.02. The fourth-order valence-electron chi connectivity index (χ4n) is 1.40. The summed E-state index contributed by atoms with van der Waals surface area (Å²) in [5.74, 6) is -0.316. The number of Topliss-reactive ketones (excluding diaryl/α,β-unsaturated/α-hetero) is 1. The number of carbonyl (C=O) groups excluding carboxylic acids is 1. The molecule has 3 nitrogen and oxygen atoms in total. The minimum Gasteiger partial charge on any atom is -0.444 e. The van der Waals surface area contributed by atoms with Gasteiger partial charge in [0.15, 0.2) is 5.78 Å². The van der Waals surface area contributed by atoms with E-state index in [1.165, 1.54) is 19.1 Å². The lowest BCUT2D eigenvalue weighted by molar-refractivity contribution is -0.137. The summed E-state index contributed by atoms with van der Waals surface area (Å²) in [6, 6.07) is 4.58. The van der Waals surface area contributed by atoms with Gasteiger partial charge in [-0.25, -0.2) is 4.98 Å². The predicted molar refractivity (Wildman–Crippen MR) is 56.9 cm³/mol. The molecule has 0 fully saturated rings. The zero-order valence-electron chi connectivity index (χ0n) is 9.28. The van der Waals surface area contributed by atoms with Gasteiger partial charge in [0.1, 0.15) is 12.0 Å². The maximum atomic E-state index is 12.5. The largest absolute Gasteiger partial charge is 0.444 e. The molecule has 0 unspecified atom stereocenters. The van der Waals surface area contributed by atoms with Gasteiger partial charge in [-0.15, -0.1) is 0 Å². The Morgan fingerprint density at radius 3 is 2.61 bits per heavy atom. The quantitative estimate of drug-likeness (QED) is 0.770. The first-order chi connectivity index (χ1) is 8.38. The van der Waals surface area contributed by atoms with Gasteiger partial charge >= 0.3 is 6.18 Å². The third-order valence-electron chi connectivity index (χ3n) is 2.30. The number of halogens is 3. The Labute approximate surface area is 100 Å². The van der Waals surface area contributed by atoms with Gasteiger partial charge in [-0.2, -0.15) is 13.2 Å². The molecule has 0 atom stereocenters. The van der Waals surface area contributed by atoms with Crippen LogP contribution in [0.2, 0.25) is 0 Å². The van der Waals surface area contributed by atoms with E-state index < -0.39 is 11.7 Å². The number of benzene rings is 1. The van der Waals surface area contributed by atoms with Gasteiger partial charge in [-0.3, -0.25) is 4.79 Å². The summed E-state index contributed by atoms with van der Waals surface area (Å²) in [4.78, 5) is 14.8. The Bertz CT molecular complexity index is 587. The second-order valence-corrected chi connectivity index (χ2v) is 3.67. The average molecular weight is 255 g/mol. The van der Waals surface area contributed by atoms with Crippen molar-refractivity contribution in [2.75, 3.05) is 0 Å². The van der Waals surface area contributed by atoms with Crippen molar-refractivity contribution < 1.29 is 22.4 Å². The molecule has 0 bridgehead atoms.